The fourth-order valence-corrected chi connectivity index (χ4v) is 2.94. The number of amides is 1. The van der Waals surface area contributed by atoms with E-state index < -0.39 is 0 Å². The van der Waals surface area contributed by atoms with E-state index in [0.717, 1.165) is 16.9 Å². The first-order valence-electron chi connectivity index (χ1n) is 9.15. The molecule has 0 atom stereocenters. The van der Waals surface area contributed by atoms with Gasteiger partial charge in [-0.05, 0) is 56.7 Å². The van der Waals surface area contributed by atoms with Gasteiger partial charge in [-0.1, -0.05) is 41.9 Å². The van der Waals surface area contributed by atoms with E-state index >= 15 is 0 Å². The highest BCUT2D eigenvalue weighted by Crippen LogP contribution is 2.19. The number of rotatable bonds is 6. The molecule has 5 nitrogen and oxygen atoms in total. The summed E-state index contributed by atoms with van der Waals surface area (Å²) < 4.78 is 0. The molecule has 2 aromatic carbocycles. The van der Waals surface area contributed by atoms with Crippen LogP contribution in [0, 0.1) is 6.92 Å². The summed E-state index contributed by atoms with van der Waals surface area (Å²) >= 11 is 5.93. The van der Waals surface area contributed by atoms with Crippen LogP contribution in [0.15, 0.2) is 60.7 Å². The molecule has 3 rings (SSSR count). The molecule has 1 amide bonds. The van der Waals surface area contributed by atoms with Gasteiger partial charge in [-0.25, -0.2) is 9.97 Å². The van der Waals surface area contributed by atoms with Crippen LogP contribution in [-0.2, 0) is 6.54 Å². The van der Waals surface area contributed by atoms with Crippen LogP contribution in [-0.4, -0.2) is 26.8 Å². The molecule has 0 aliphatic heterocycles. The quantitative estimate of drug-likeness (QED) is 0.621. The first-order valence-corrected chi connectivity index (χ1v) is 9.53. The van der Waals surface area contributed by atoms with Gasteiger partial charge in [-0.2, -0.15) is 0 Å². The Balaban J connectivity index is 1.85. The maximum Gasteiger partial charge on any atom is 0.273 e. The zero-order chi connectivity index (χ0) is 20.1. The molecule has 0 saturated carbocycles. The second-order valence-electron chi connectivity index (χ2n) is 6.86. The number of nitrogens with one attached hydrogen (secondary N) is 1. The number of nitrogens with zero attached hydrogens (tertiary/aromatic N) is 3. The number of halogens is 1. The topological polar surface area (TPSA) is 58.1 Å². The molecule has 1 N–H and O–H groups in total. The monoisotopic (exact) mass is 394 g/mol. The average Bonchev–Trinajstić information content (AvgIpc) is 2.67. The minimum Gasteiger partial charge on any atom is -0.331 e. The van der Waals surface area contributed by atoms with Crippen molar-refractivity contribution in [1.29, 1.82) is 0 Å². The Bertz CT molecular complexity index is 943. The SMILES string of the molecule is Cc1cc(C(=O)N(Cc2ccccc2)C(C)C)nc(Nc2ccc(Cl)cc2)n1. The molecule has 1 aromatic heterocycles. The van der Waals surface area contributed by atoms with E-state index in [1.807, 2.05) is 68.1 Å². The molecule has 0 saturated heterocycles. The van der Waals surface area contributed by atoms with Gasteiger partial charge < -0.3 is 10.2 Å². The molecule has 28 heavy (non-hydrogen) atoms. The van der Waals surface area contributed by atoms with Crippen molar-refractivity contribution in [1.82, 2.24) is 14.9 Å². The number of anilines is 2. The average molecular weight is 395 g/mol. The van der Waals surface area contributed by atoms with Gasteiger partial charge in [0.25, 0.3) is 5.91 Å². The van der Waals surface area contributed by atoms with Gasteiger partial charge in [0.05, 0.1) is 0 Å². The minimum absolute atomic E-state index is 0.0376. The summed E-state index contributed by atoms with van der Waals surface area (Å²) in [6, 6.07) is 18.9. The molecule has 0 spiro atoms. The van der Waals surface area contributed by atoms with E-state index in [1.165, 1.54) is 0 Å². The number of carbonyl (C=O) groups is 1. The van der Waals surface area contributed by atoms with E-state index in [0.29, 0.717) is 23.2 Å². The Labute approximate surface area is 170 Å². The number of carbonyl (C=O) groups excluding carboxylic acids is 1. The van der Waals surface area contributed by atoms with Gasteiger partial charge in [0.1, 0.15) is 5.69 Å². The van der Waals surface area contributed by atoms with Gasteiger partial charge in [-0.3, -0.25) is 4.79 Å². The normalized spacial score (nSPS) is 10.8. The number of benzene rings is 2. The number of hydrogen-bond acceptors (Lipinski definition) is 4. The summed E-state index contributed by atoms with van der Waals surface area (Å²) in [6.45, 7) is 6.38. The lowest BCUT2D eigenvalue weighted by atomic mass is 10.1. The third kappa shape index (κ3) is 5.08. The van der Waals surface area contributed by atoms with E-state index in [1.54, 1.807) is 18.2 Å². The van der Waals surface area contributed by atoms with Crippen LogP contribution in [0.3, 0.4) is 0 Å². The largest absolute Gasteiger partial charge is 0.331 e. The van der Waals surface area contributed by atoms with Crippen molar-refractivity contribution in [2.75, 3.05) is 5.32 Å². The van der Waals surface area contributed by atoms with Crippen molar-refractivity contribution in [2.45, 2.75) is 33.4 Å². The molecular formula is C22H23ClN4O. The van der Waals surface area contributed by atoms with Crippen molar-refractivity contribution in [3.05, 3.63) is 82.6 Å². The molecular weight excluding hydrogens is 372 g/mol. The predicted molar refractivity (Wildman–Crippen MR) is 113 cm³/mol. The highest BCUT2D eigenvalue weighted by Gasteiger charge is 2.21. The Hall–Kier alpha value is -2.92. The summed E-state index contributed by atoms with van der Waals surface area (Å²) in [5, 5.41) is 3.79. The van der Waals surface area contributed by atoms with Crippen LogP contribution in [0.25, 0.3) is 0 Å². The summed E-state index contributed by atoms with van der Waals surface area (Å²) in [7, 11) is 0. The van der Waals surface area contributed by atoms with Gasteiger partial charge in [-0.15, -0.1) is 0 Å². The molecule has 0 aliphatic rings. The summed E-state index contributed by atoms with van der Waals surface area (Å²) in [5.74, 6) is 0.262. The standard InChI is InChI=1S/C22H23ClN4O/c1-15(2)27(14-17-7-5-4-6-8-17)21(28)20-13-16(3)24-22(26-20)25-19-11-9-18(23)10-12-19/h4-13,15H,14H2,1-3H3,(H,24,25,26). The van der Waals surface area contributed by atoms with Crippen LogP contribution in [0.2, 0.25) is 5.02 Å². The van der Waals surface area contributed by atoms with E-state index in [-0.39, 0.29) is 11.9 Å². The van der Waals surface area contributed by atoms with Crippen molar-refractivity contribution in [3.63, 3.8) is 0 Å². The van der Waals surface area contributed by atoms with E-state index in [4.69, 9.17) is 11.6 Å². The van der Waals surface area contributed by atoms with Crippen LogP contribution in [0.1, 0.15) is 35.6 Å². The highest BCUT2D eigenvalue weighted by atomic mass is 35.5. The van der Waals surface area contributed by atoms with Crippen molar-refractivity contribution < 1.29 is 4.79 Å². The first kappa shape index (κ1) is 19.8. The van der Waals surface area contributed by atoms with Crippen LogP contribution in [0.4, 0.5) is 11.6 Å². The fourth-order valence-electron chi connectivity index (χ4n) is 2.81. The molecule has 0 fully saturated rings. The lowest BCUT2D eigenvalue weighted by Gasteiger charge is -2.26. The number of aromatic nitrogens is 2. The molecule has 0 unspecified atom stereocenters. The highest BCUT2D eigenvalue weighted by molar-refractivity contribution is 6.30. The maximum absolute atomic E-state index is 13.2. The third-order valence-corrected chi connectivity index (χ3v) is 4.51. The summed E-state index contributed by atoms with van der Waals surface area (Å²) in [4.78, 5) is 23.8. The molecule has 6 heteroatoms. The van der Waals surface area contributed by atoms with E-state index in [9.17, 15) is 4.79 Å². The van der Waals surface area contributed by atoms with Crippen LogP contribution < -0.4 is 5.32 Å². The van der Waals surface area contributed by atoms with Gasteiger partial charge in [0, 0.05) is 29.0 Å². The van der Waals surface area contributed by atoms with Crippen molar-refractivity contribution in [3.8, 4) is 0 Å². The zero-order valence-electron chi connectivity index (χ0n) is 16.2. The Kier molecular flexibility index (Phi) is 6.26. The Morgan fingerprint density at radius 3 is 2.39 bits per heavy atom. The van der Waals surface area contributed by atoms with Gasteiger partial charge in [0.2, 0.25) is 5.95 Å². The van der Waals surface area contributed by atoms with Crippen molar-refractivity contribution >= 4 is 29.1 Å². The Morgan fingerprint density at radius 2 is 1.75 bits per heavy atom. The summed E-state index contributed by atoms with van der Waals surface area (Å²) in [6.07, 6.45) is 0. The zero-order valence-corrected chi connectivity index (χ0v) is 16.9. The molecule has 3 aromatic rings. The smallest absolute Gasteiger partial charge is 0.273 e. The van der Waals surface area contributed by atoms with Gasteiger partial charge in [0.15, 0.2) is 0 Å². The minimum atomic E-state index is -0.122. The van der Waals surface area contributed by atoms with Crippen LogP contribution >= 0.6 is 11.6 Å². The first-order chi connectivity index (χ1) is 13.4. The number of hydrogen-bond donors (Lipinski definition) is 1. The molecule has 0 radical (unpaired) electrons. The fraction of sp³-hybridized carbons (Fsp3) is 0.227. The van der Waals surface area contributed by atoms with Crippen molar-refractivity contribution in [2.24, 2.45) is 0 Å². The van der Waals surface area contributed by atoms with E-state index in [2.05, 4.69) is 15.3 Å². The number of aryl methyl sites for hydroxylation is 1. The van der Waals surface area contributed by atoms with Crippen LogP contribution in [0.5, 0.6) is 0 Å². The third-order valence-electron chi connectivity index (χ3n) is 4.25. The predicted octanol–water partition coefficient (Wildman–Crippen LogP) is 5.23. The molecule has 1 heterocycles. The molecule has 0 aliphatic carbocycles. The maximum atomic E-state index is 13.2. The summed E-state index contributed by atoms with van der Waals surface area (Å²) in [5.41, 5.74) is 2.97. The molecule has 0 bridgehead atoms. The molecule has 144 valence electrons. The lowest BCUT2D eigenvalue weighted by Crippen LogP contribution is -2.37. The Morgan fingerprint density at radius 1 is 1.07 bits per heavy atom. The van der Waals surface area contributed by atoms with Gasteiger partial charge >= 0.3 is 0 Å². The second kappa shape index (κ2) is 8.85. The second-order valence-corrected chi connectivity index (χ2v) is 7.30. The lowest BCUT2D eigenvalue weighted by molar-refractivity contribution is 0.0684.